The zero-order valence-corrected chi connectivity index (χ0v) is 20.1. The Bertz CT molecular complexity index is 579. The highest BCUT2D eigenvalue weighted by Gasteiger charge is 2.30. The molecule has 0 unspecified atom stereocenters. The third-order valence-corrected chi connectivity index (χ3v) is 8.24. The van der Waals surface area contributed by atoms with E-state index in [0.717, 1.165) is 23.7 Å². The van der Waals surface area contributed by atoms with Gasteiger partial charge in [0.2, 0.25) is 0 Å². The van der Waals surface area contributed by atoms with Crippen molar-refractivity contribution in [1.82, 2.24) is 0 Å². The monoisotopic (exact) mass is 408 g/mol. The lowest BCUT2D eigenvalue weighted by molar-refractivity contribution is 0.140. The molecule has 1 aromatic rings. The van der Waals surface area contributed by atoms with Gasteiger partial charge in [-0.15, -0.1) is 0 Å². The number of unbranched alkanes of at least 4 members (excludes halogenated alkanes) is 2. The molecule has 0 spiro atoms. The average molecular weight is 409 g/mol. The molecule has 0 heterocycles. The molecule has 0 aliphatic heterocycles. The summed E-state index contributed by atoms with van der Waals surface area (Å²) in [7, 11) is 0. The molecule has 3 rings (SSSR count). The second-order valence-electron chi connectivity index (χ2n) is 10.5. The van der Waals surface area contributed by atoms with E-state index in [1.165, 1.54) is 88.2 Å². The van der Waals surface area contributed by atoms with Crippen LogP contribution in [-0.2, 0) is 6.42 Å². The summed E-state index contributed by atoms with van der Waals surface area (Å²) in [5, 5.41) is 0. The predicted molar refractivity (Wildman–Crippen MR) is 134 cm³/mol. The van der Waals surface area contributed by atoms with E-state index in [1.807, 2.05) is 0 Å². The van der Waals surface area contributed by atoms with E-state index in [1.54, 1.807) is 25.7 Å². The largest absolute Gasteiger partial charge is 0.0839 e. The van der Waals surface area contributed by atoms with Crippen LogP contribution in [0.2, 0.25) is 0 Å². The quantitative estimate of drug-likeness (QED) is 0.320. The van der Waals surface area contributed by atoms with Crippen LogP contribution in [0.4, 0.5) is 0 Å². The molecule has 0 radical (unpaired) electrons. The van der Waals surface area contributed by atoms with Crippen molar-refractivity contribution in [3.05, 3.63) is 41.5 Å². The SMILES string of the molecule is CCCCCC1CCC(C2CCC(CCC=Cc3ccc(CCC)cc3)CC2)CC1. The molecule has 0 aromatic heterocycles. The van der Waals surface area contributed by atoms with Gasteiger partial charge < -0.3 is 0 Å². The second-order valence-corrected chi connectivity index (χ2v) is 10.5. The Morgan fingerprint density at radius 2 is 1.30 bits per heavy atom. The summed E-state index contributed by atoms with van der Waals surface area (Å²) < 4.78 is 0. The van der Waals surface area contributed by atoms with Gasteiger partial charge in [0.1, 0.15) is 0 Å². The Hall–Kier alpha value is -1.04. The molecular weight excluding hydrogens is 360 g/mol. The van der Waals surface area contributed by atoms with Gasteiger partial charge in [-0.3, -0.25) is 0 Å². The van der Waals surface area contributed by atoms with Crippen LogP contribution in [0.25, 0.3) is 6.08 Å². The third kappa shape index (κ3) is 7.90. The second kappa shape index (κ2) is 13.4. The van der Waals surface area contributed by atoms with Crippen LogP contribution in [0.5, 0.6) is 0 Å². The first kappa shape index (κ1) is 23.6. The summed E-state index contributed by atoms with van der Waals surface area (Å²) in [6.45, 7) is 4.58. The van der Waals surface area contributed by atoms with Gasteiger partial charge in [-0.1, -0.05) is 108 Å². The molecule has 0 nitrogen and oxygen atoms in total. The molecule has 2 fully saturated rings. The van der Waals surface area contributed by atoms with Crippen LogP contribution in [0.3, 0.4) is 0 Å². The van der Waals surface area contributed by atoms with Gasteiger partial charge in [0, 0.05) is 0 Å². The van der Waals surface area contributed by atoms with Crippen molar-refractivity contribution in [1.29, 1.82) is 0 Å². The summed E-state index contributed by atoms with van der Waals surface area (Å²) in [4.78, 5) is 0. The molecule has 30 heavy (non-hydrogen) atoms. The fraction of sp³-hybridized carbons (Fsp3) is 0.733. The van der Waals surface area contributed by atoms with E-state index in [-0.39, 0.29) is 0 Å². The van der Waals surface area contributed by atoms with Gasteiger partial charge in [0.05, 0.1) is 0 Å². The topological polar surface area (TPSA) is 0 Å². The first-order valence-corrected chi connectivity index (χ1v) is 13.5. The van der Waals surface area contributed by atoms with Gasteiger partial charge in [-0.05, 0) is 79.7 Å². The van der Waals surface area contributed by atoms with Crippen molar-refractivity contribution in [3.8, 4) is 0 Å². The number of allylic oxidation sites excluding steroid dienone is 1. The minimum absolute atomic E-state index is 0.989. The highest BCUT2D eigenvalue weighted by atomic mass is 14.4. The average Bonchev–Trinajstić information content (AvgIpc) is 2.79. The number of aryl methyl sites for hydroxylation is 1. The van der Waals surface area contributed by atoms with Gasteiger partial charge in [-0.25, -0.2) is 0 Å². The van der Waals surface area contributed by atoms with Crippen LogP contribution in [0.1, 0.15) is 121 Å². The van der Waals surface area contributed by atoms with Crippen molar-refractivity contribution in [2.45, 2.75) is 117 Å². The maximum atomic E-state index is 2.42. The Kier molecular flexibility index (Phi) is 10.5. The van der Waals surface area contributed by atoms with E-state index in [0.29, 0.717) is 0 Å². The lowest BCUT2D eigenvalue weighted by atomic mass is 9.68. The molecule has 0 heteroatoms. The molecule has 168 valence electrons. The van der Waals surface area contributed by atoms with Gasteiger partial charge in [-0.2, -0.15) is 0 Å². The molecule has 0 saturated heterocycles. The molecule has 1 aromatic carbocycles. The predicted octanol–water partition coefficient (Wildman–Crippen LogP) is 9.63. The van der Waals surface area contributed by atoms with Crippen molar-refractivity contribution >= 4 is 6.08 Å². The Labute approximate surface area is 187 Å². The lowest BCUT2D eigenvalue weighted by Crippen LogP contribution is -2.25. The fourth-order valence-corrected chi connectivity index (χ4v) is 6.22. The van der Waals surface area contributed by atoms with Crippen LogP contribution < -0.4 is 0 Å². The van der Waals surface area contributed by atoms with Crippen molar-refractivity contribution in [3.63, 3.8) is 0 Å². The van der Waals surface area contributed by atoms with E-state index >= 15 is 0 Å². The van der Waals surface area contributed by atoms with E-state index in [2.05, 4.69) is 50.3 Å². The smallest absolute Gasteiger partial charge is 0.0260 e. The maximum Gasteiger partial charge on any atom is -0.0260 e. The highest BCUT2D eigenvalue weighted by molar-refractivity contribution is 5.49. The van der Waals surface area contributed by atoms with Crippen LogP contribution >= 0.6 is 0 Å². The summed E-state index contributed by atoms with van der Waals surface area (Å²) >= 11 is 0. The van der Waals surface area contributed by atoms with Crippen LogP contribution in [0, 0.1) is 23.7 Å². The number of hydrogen-bond donors (Lipinski definition) is 0. The minimum atomic E-state index is 0.989. The molecular formula is C30H48. The maximum absolute atomic E-state index is 2.42. The van der Waals surface area contributed by atoms with E-state index in [9.17, 15) is 0 Å². The molecule has 2 saturated carbocycles. The molecule has 2 aliphatic carbocycles. The summed E-state index contributed by atoms with van der Waals surface area (Å²) in [5.41, 5.74) is 2.83. The summed E-state index contributed by atoms with van der Waals surface area (Å²) in [6.07, 6.45) is 27.9. The number of hydrogen-bond acceptors (Lipinski definition) is 0. The van der Waals surface area contributed by atoms with Gasteiger partial charge >= 0.3 is 0 Å². The third-order valence-electron chi connectivity index (χ3n) is 8.24. The minimum Gasteiger partial charge on any atom is -0.0839 e. The van der Waals surface area contributed by atoms with Crippen molar-refractivity contribution < 1.29 is 0 Å². The van der Waals surface area contributed by atoms with Crippen LogP contribution in [0.15, 0.2) is 30.3 Å². The first-order chi connectivity index (χ1) is 14.8. The molecule has 0 amide bonds. The molecule has 0 atom stereocenters. The number of benzene rings is 1. The summed E-state index contributed by atoms with van der Waals surface area (Å²) in [5.74, 6) is 4.20. The standard InChI is InChI=1S/C30H48/c1-3-5-6-10-27-17-21-29(22-18-27)30-23-19-28(20-24-30)12-8-7-11-26-15-13-25(9-4-2)14-16-26/h7,11,13-16,27-30H,3-6,8-10,12,17-24H2,1-2H3. The first-order valence-electron chi connectivity index (χ1n) is 13.5. The van der Waals surface area contributed by atoms with Crippen LogP contribution in [-0.4, -0.2) is 0 Å². The Morgan fingerprint density at radius 3 is 1.87 bits per heavy atom. The zero-order valence-electron chi connectivity index (χ0n) is 20.1. The molecule has 0 N–H and O–H groups in total. The Balaban J connectivity index is 1.28. The van der Waals surface area contributed by atoms with Gasteiger partial charge in [0.25, 0.3) is 0 Å². The van der Waals surface area contributed by atoms with Gasteiger partial charge in [0.15, 0.2) is 0 Å². The highest BCUT2D eigenvalue weighted by Crippen LogP contribution is 2.43. The summed E-state index contributed by atoms with van der Waals surface area (Å²) in [6, 6.07) is 9.16. The Morgan fingerprint density at radius 1 is 0.700 bits per heavy atom. The fourth-order valence-electron chi connectivity index (χ4n) is 6.22. The number of rotatable bonds is 11. The zero-order chi connectivity index (χ0) is 21.0. The van der Waals surface area contributed by atoms with Crippen molar-refractivity contribution in [2.24, 2.45) is 23.7 Å². The molecule has 0 bridgehead atoms. The molecule has 2 aliphatic rings. The van der Waals surface area contributed by atoms with E-state index < -0.39 is 0 Å². The van der Waals surface area contributed by atoms with Crippen molar-refractivity contribution in [2.75, 3.05) is 0 Å². The normalized spacial score (nSPS) is 27.5. The lowest BCUT2D eigenvalue weighted by Gasteiger charge is -2.38. The van der Waals surface area contributed by atoms with E-state index in [4.69, 9.17) is 0 Å².